The number of carbonyl (C=O) groups is 3. The van der Waals surface area contributed by atoms with Gasteiger partial charge in [0.05, 0.1) is 18.4 Å². The fraction of sp³-hybridized carbons (Fsp3) is 0.600. The van der Waals surface area contributed by atoms with E-state index in [1.807, 2.05) is 12.1 Å². The molecule has 1 aromatic rings. The van der Waals surface area contributed by atoms with E-state index in [2.05, 4.69) is 4.98 Å². The molecule has 0 spiro atoms. The van der Waals surface area contributed by atoms with E-state index in [0.29, 0.717) is 45.8 Å². The Morgan fingerprint density at radius 2 is 1.75 bits per heavy atom. The van der Waals surface area contributed by atoms with E-state index in [1.54, 1.807) is 41.1 Å². The lowest BCUT2D eigenvalue weighted by Crippen LogP contribution is -2.51. The molecule has 1 saturated carbocycles. The Bertz CT molecular complexity index is 703. The minimum Gasteiger partial charge on any atom is -0.450 e. The van der Waals surface area contributed by atoms with Gasteiger partial charge in [0.25, 0.3) is 0 Å². The molecule has 2 atom stereocenters. The lowest BCUT2D eigenvalue weighted by Gasteiger charge is -2.34. The number of aromatic nitrogens is 1. The molecule has 2 aliphatic rings. The summed E-state index contributed by atoms with van der Waals surface area (Å²) in [5.41, 5.74) is 1.14. The van der Waals surface area contributed by atoms with Crippen LogP contribution in [0.4, 0.5) is 4.79 Å². The Balaban J connectivity index is 1.42. The lowest BCUT2D eigenvalue weighted by atomic mass is 10.2. The molecule has 8 nitrogen and oxygen atoms in total. The van der Waals surface area contributed by atoms with Gasteiger partial charge in [0.2, 0.25) is 11.8 Å². The van der Waals surface area contributed by atoms with Crippen molar-refractivity contribution in [3.05, 3.63) is 30.1 Å². The van der Waals surface area contributed by atoms with Crippen LogP contribution in [0.25, 0.3) is 0 Å². The van der Waals surface area contributed by atoms with Crippen molar-refractivity contribution in [2.24, 2.45) is 11.8 Å². The van der Waals surface area contributed by atoms with Crippen molar-refractivity contribution in [3.8, 4) is 0 Å². The van der Waals surface area contributed by atoms with E-state index in [9.17, 15) is 14.4 Å². The highest BCUT2D eigenvalue weighted by Gasteiger charge is 2.50. The topological polar surface area (TPSA) is 83.0 Å². The Kier molecular flexibility index (Phi) is 6.49. The van der Waals surface area contributed by atoms with Crippen LogP contribution in [0.2, 0.25) is 0 Å². The van der Waals surface area contributed by atoms with E-state index >= 15 is 0 Å². The highest BCUT2D eigenvalue weighted by molar-refractivity contribution is 5.92. The summed E-state index contributed by atoms with van der Waals surface area (Å²) >= 11 is 0. The molecule has 1 saturated heterocycles. The van der Waals surface area contributed by atoms with Crippen LogP contribution in [0.5, 0.6) is 0 Å². The van der Waals surface area contributed by atoms with Gasteiger partial charge in [-0.15, -0.1) is 0 Å². The summed E-state index contributed by atoms with van der Waals surface area (Å²) in [5.74, 6) is -0.356. The van der Waals surface area contributed by atoms with Crippen molar-refractivity contribution in [2.75, 3.05) is 46.4 Å². The van der Waals surface area contributed by atoms with Crippen LogP contribution in [0, 0.1) is 11.8 Å². The summed E-state index contributed by atoms with van der Waals surface area (Å²) in [6.07, 6.45) is 4.55. The van der Waals surface area contributed by atoms with Crippen molar-refractivity contribution >= 4 is 17.9 Å². The molecule has 1 aliphatic carbocycles. The second kappa shape index (κ2) is 9.03. The zero-order chi connectivity index (χ0) is 20.1. The van der Waals surface area contributed by atoms with Gasteiger partial charge < -0.3 is 19.4 Å². The molecule has 0 N–H and O–H groups in total. The Hall–Kier alpha value is -2.64. The fourth-order valence-electron chi connectivity index (χ4n) is 3.54. The average molecular weight is 388 g/mol. The molecule has 2 fully saturated rings. The molecule has 2 heterocycles. The molecule has 152 valence electrons. The van der Waals surface area contributed by atoms with E-state index in [0.717, 1.165) is 12.0 Å². The Morgan fingerprint density at radius 1 is 1.11 bits per heavy atom. The number of hydrogen-bond donors (Lipinski definition) is 0. The second-order valence-electron chi connectivity index (χ2n) is 7.33. The van der Waals surface area contributed by atoms with Gasteiger partial charge in [-0.25, -0.2) is 4.79 Å². The predicted molar refractivity (Wildman–Crippen MR) is 102 cm³/mol. The monoisotopic (exact) mass is 388 g/mol. The quantitative estimate of drug-likeness (QED) is 0.727. The number of ether oxygens (including phenoxy) is 1. The number of nitrogens with zero attached hydrogens (tertiary/aromatic N) is 4. The molecular formula is C20H28N4O4. The van der Waals surface area contributed by atoms with Crippen LogP contribution < -0.4 is 0 Å². The molecule has 8 heteroatoms. The number of piperazine rings is 1. The number of amides is 3. The van der Waals surface area contributed by atoms with E-state index in [-0.39, 0.29) is 29.7 Å². The maximum absolute atomic E-state index is 12.7. The molecule has 3 rings (SSSR count). The zero-order valence-corrected chi connectivity index (χ0v) is 16.5. The summed E-state index contributed by atoms with van der Waals surface area (Å²) in [4.78, 5) is 46.2. The van der Waals surface area contributed by atoms with Crippen molar-refractivity contribution < 1.29 is 19.1 Å². The first-order valence-electron chi connectivity index (χ1n) is 9.85. The fourth-order valence-corrected chi connectivity index (χ4v) is 3.54. The minimum atomic E-state index is -0.329. The van der Waals surface area contributed by atoms with Crippen LogP contribution in [-0.4, -0.2) is 84.0 Å². The van der Waals surface area contributed by atoms with Crippen LogP contribution >= 0.6 is 0 Å². The van der Waals surface area contributed by atoms with Crippen LogP contribution in [-0.2, 0) is 20.7 Å². The maximum atomic E-state index is 12.7. The lowest BCUT2D eigenvalue weighted by molar-refractivity contribution is -0.138. The smallest absolute Gasteiger partial charge is 0.409 e. The van der Waals surface area contributed by atoms with Crippen LogP contribution in [0.1, 0.15) is 18.9 Å². The first kappa shape index (κ1) is 20.1. The molecule has 0 radical (unpaired) electrons. The van der Waals surface area contributed by atoms with Crippen molar-refractivity contribution in [1.29, 1.82) is 0 Å². The van der Waals surface area contributed by atoms with E-state index < -0.39 is 0 Å². The number of pyridine rings is 1. The third kappa shape index (κ3) is 4.79. The number of likely N-dealkylation sites (N-methyl/N-ethyl adjacent to an activating group) is 1. The average Bonchev–Trinajstić information content (AvgIpc) is 3.53. The normalized spacial score (nSPS) is 21.2. The highest BCUT2D eigenvalue weighted by Crippen LogP contribution is 2.41. The third-order valence-corrected chi connectivity index (χ3v) is 5.40. The molecule has 28 heavy (non-hydrogen) atoms. The van der Waals surface area contributed by atoms with Crippen molar-refractivity contribution in [3.63, 3.8) is 0 Å². The first-order valence-corrected chi connectivity index (χ1v) is 9.85. The predicted octanol–water partition coefficient (Wildman–Crippen LogP) is 1.02. The molecular weight excluding hydrogens is 360 g/mol. The van der Waals surface area contributed by atoms with Gasteiger partial charge >= 0.3 is 6.09 Å². The third-order valence-electron chi connectivity index (χ3n) is 5.40. The minimum absolute atomic E-state index is 0.0318. The highest BCUT2D eigenvalue weighted by atomic mass is 16.6. The number of carbonyl (C=O) groups excluding carboxylic acids is 3. The largest absolute Gasteiger partial charge is 0.450 e. The molecule has 3 amide bonds. The van der Waals surface area contributed by atoms with Gasteiger partial charge in [0, 0.05) is 52.2 Å². The molecule has 0 aromatic carbocycles. The van der Waals surface area contributed by atoms with Gasteiger partial charge in [-0.2, -0.15) is 0 Å². The first-order chi connectivity index (χ1) is 13.5. The van der Waals surface area contributed by atoms with Crippen LogP contribution in [0.3, 0.4) is 0 Å². The second-order valence-corrected chi connectivity index (χ2v) is 7.33. The van der Waals surface area contributed by atoms with Gasteiger partial charge in [-0.3, -0.25) is 14.6 Å². The molecule has 1 aromatic heterocycles. The van der Waals surface area contributed by atoms with Gasteiger partial charge in [-0.05, 0) is 37.5 Å². The molecule has 0 bridgehead atoms. The Labute approximate surface area is 165 Å². The van der Waals surface area contributed by atoms with Gasteiger partial charge in [0.1, 0.15) is 0 Å². The summed E-state index contributed by atoms with van der Waals surface area (Å²) < 4.78 is 5.00. The summed E-state index contributed by atoms with van der Waals surface area (Å²) in [6, 6.07) is 3.88. The van der Waals surface area contributed by atoms with Gasteiger partial charge in [-0.1, -0.05) is 0 Å². The molecule has 2 unspecified atom stereocenters. The Morgan fingerprint density at radius 3 is 2.39 bits per heavy atom. The van der Waals surface area contributed by atoms with Crippen molar-refractivity contribution in [2.45, 2.75) is 19.8 Å². The summed E-state index contributed by atoms with van der Waals surface area (Å²) in [5, 5.41) is 0. The van der Waals surface area contributed by atoms with Crippen LogP contribution in [0.15, 0.2) is 24.5 Å². The standard InChI is InChI=1S/C20H28N4O4/c1-3-28-20(27)24-12-10-23(11-13-24)19(26)17-14-16(17)18(25)22(2)9-6-15-4-7-21-8-5-15/h4-5,7-8,16-17H,3,6,9-14H2,1-2H3. The SMILES string of the molecule is CCOC(=O)N1CCN(C(=O)C2CC2C(=O)N(C)CCc2ccncc2)CC1. The van der Waals surface area contributed by atoms with E-state index in [1.165, 1.54) is 0 Å². The summed E-state index contributed by atoms with van der Waals surface area (Å²) in [6.45, 7) is 4.68. The summed E-state index contributed by atoms with van der Waals surface area (Å²) in [7, 11) is 1.79. The van der Waals surface area contributed by atoms with E-state index in [4.69, 9.17) is 4.74 Å². The maximum Gasteiger partial charge on any atom is 0.409 e. The van der Waals surface area contributed by atoms with Gasteiger partial charge in [0.15, 0.2) is 0 Å². The molecule has 1 aliphatic heterocycles. The zero-order valence-electron chi connectivity index (χ0n) is 16.5. The number of rotatable bonds is 6. The number of hydrogen-bond acceptors (Lipinski definition) is 5. The van der Waals surface area contributed by atoms with Crippen molar-refractivity contribution in [1.82, 2.24) is 19.7 Å².